The molecule has 13 heavy (non-hydrogen) atoms. The standard InChI is InChI=1S/C11H15NO/c13-11(12-7-5-6-7)10-8-3-1-2-4-9(8)10/h1-2,7-10H,3-6H2,(H,12,13). The lowest BCUT2D eigenvalue weighted by Crippen LogP contribution is -2.27. The van der Waals surface area contributed by atoms with E-state index in [0.29, 0.717) is 29.7 Å². The largest absolute Gasteiger partial charge is 0.353 e. The molecule has 0 aromatic heterocycles. The third kappa shape index (κ3) is 1.28. The first kappa shape index (κ1) is 7.60. The molecule has 1 N–H and O–H groups in total. The summed E-state index contributed by atoms with van der Waals surface area (Å²) < 4.78 is 0. The van der Waals surface area contributed by atoms with Crippen molar-refractivity contribution in [1.82, 2.24) is 5.32 Å². The van der Waals surface area contributed by atoms with Gasteiger partial charge in [-0.2, -0.15) is 0 Å². The van der Waals surface area contributed by atoms with E-state index in [4.69, 9.17) is 0 Å². The van der Waals surface area contributed by atoms with Crippen LogP contribution < -0.4 is 5.32 Å². The van der Waals surface area contributed by atoms with E-state index < -0.39 is 0 Å². The molecular formula is C11H15NO. The van der Waals surface area contributed by atoms with Crippen molar-refractivity contribution in [2.24, 2.45) is 17.8 Å². The summed E-state index contributed by atoms with van der Waals surface area (Å²) >= 11 is 0. The number of fused-ring (bicyclic) bond motifs is 1. The highest BCUT2D eigenvalue weighted by Gasteiger charge is 2.54. The van der Waals surface area contributed by atoms with E-state index in [9.17, 15) is 4.79 Å². The predicted octanol–water partition coefficient (Wildman–Crippen LogP) is 1.48. The van der Waals surface area contributed by atoms with Crippen molar-refractivity contribution in [3.05, 3.63) is 12.2 Å². The van der Waals surface area contributed by atoms with E-state index in [0.717, 1.165) is 12.8 Å². The van der Waals surface area contributed by atoms with Crippen LogP contribution in [0.25, 0.3) is 0 Å². The molecule has 3 aliphatic carbocycles. The zero-order valence-corrected chi connectivity index (χ0v) is 7.70. The van der Waals surface area contributed by atoms with Gasteiger partial charge in [0.25, 0.3) is 0 Å². The minimum absolute atomic E-state index is 0.334. The van der Waals surface area contributed by atoms with Crippen LogP contribution in [0.3, 0.4) is 0 Å². The Morgan fingerprint density at radius 2 is 1.77 bits per heavy atom. The number of hydrogen-bond donors (Lipinski definition) is 1. The number of amides is 1. The number of nitrogens with one attached hydrogen (secondary N) is 1. The molecule has 2 fully saturated rings. The molecule has 0 heterocycles. The highest BCUT2D eigenvalue weighted by Crippen LogP contribution is 2.53. The van der Waals surface area contributed by atoms with Crippen LogP contribution in [0.15, 0.2) is 12.2 Å². The maximum absolute atomic E-state index is 11.7. The monoisotopic (exact) mass is 177 g/mol. The van der Waals surface area contributed by atoms with Gasteiger partial charge in [-0.1, -0.05) is 12.2 Å². The molecule has 0 aromatic rings. The van der Waals surface area contributed by atoms with E-state index in [1.54, 1.807) is 0 Å². The third-order valence-electron chi connectivity index (χ3n) is 3.54. The lowest BCUT2D eigenvalue weighted by Gasteiger charge is -2.00. The SMILES string of the molecule is O=C(NC1CC1)C1C2CC=CCC21. The van der Waals surface area contributed by atoms with Gasteiger partial charge >= 0.3 is 0 Å². The van der Waals surface area contributed by atoms with Gasteiger partial charge in [-0.05, 0) is 37.5 Å². The van der Waals surface area contributed by atoms with Crippen LogP contribution >= 0.6 is 0 Å². The molecule has 0 aromatic carbocycles. The fourth-order valence-corrected chi connectivity index (χ4v) is 2.51. The van der Waals surface area contributed by atoms with Gasteiger partial charge in [0.15, 0.2) is 0 Å². The Hall–Kier alpha value is -0.790. The van der Waals surface area contributed by atoms with Crippen LogP contribution in [0, 0.1) is 17.8 Å². The predicted molar refractivity (Wildman–Crippen MR) is 50.0 cm³/mol. The van der Waals surface area contributed by atoms with Crippen LogP contribution in [0.4, 0.5) is 0 Å². The van der Waals surface area contributed by atoms with Crippen LogP contribution in [0.2, 0.25) is 0 Å². The van der Waals surface area contributed by atoms with E-state index >= 15 is 0 Å². The van der Waals surface area contributed by atoms with Crippen molar-refractivity contribution in [2.75, 3.05) is 0 Å². The Morgan fingerprint density at radius 1 is 1.15 bits per heavy atom. The second kappa shape index (κ2) is 2.60. The summed E-state index contributed by atoms with van der Waals surface area (Å²) in [5, 5.41) is 3.11. The number of allylic oxidation sites excluding steroid dienone is 2. The van der Waals surface area contributed by atoms with Crippen LogP contribution in [-0.2, 0) is 4.79 Å². The summed E-state index contributed by atoms with van der Waals surface area (Å²) in [5.41, 5.74) is 0. The first-order valence-corrected chi connectivity index (χ1v) is 5.31. The van der Waals surface area contributed by atoms with Crippen molar-refractivity contribution in [3.8, 4) is 0 Å². The molecular weight excluding hydrogens is 162 g/mol. The highest BCUT2D eigenvalue weighted by molar-refractivity contribution is 5.83. The summed E-state index contributed by atoms with van der Waals surface area (Å²) in [6.45, 7) is 0. The van der Waals surface area contributed by atoms with Gasteiger partial charge in [-0.25, -0.2) is 0 Å². The molecule has 0 saturated heterocycles. The summed E-state index contributed by atoms with van der Waals surface area (Å²) in [6.07, 6.45) is 9.12. The average Bonchev–Trinajstić information content (AvgIpc) is 2.96. The van der Waals surface area contributed by atoms with Gasteiger partial charge < -0.3 is 5.32 Å². The van der Waals surface area contributed by atoms with Gasteiger partial charge in [0, 0.05) is 12.0 Å². The number of rotatable bonds is 2. The van der Waals surface area contributed by atoms with Gasteiger partial charge in [0.2, 0.25) is 5.91 Å². The highest BCUT2D eigenvalue weighted by atomic mass is 16.2. The Balaban J connectivity index is 1.59. The van der Waals surface area contributed by atoms with E-state index in [1.165, 1.54) is 12.8 Å². The molecule has 2 nitrogen and oxygen atoms in total. The summed E-state index contributed by atoms with van der Waals surface area (Å²) in [6, 6.07) is 0.531. The quantitative estimate of drug-likeness (QED) is 0.636. The second-order valence-corrected chi connectivity index (χ2v) is 4.58. The average molecular weight is 177 g/mol. The zero-order chi connectivity index (χ0) is 8.84. The summed E-state index contributed by atoms with van der Waals surface area (Å²) in [4.78, 5) is 11.7. The molecule has 2 heteroatoms. The lowest BCUT2D eigenvalue weighted by molar-refractivity contribution is -0.123. The maximum atomic E-state index is 11.7. The van der Waals surface area contributed by atoms with Crippen molar-refractivity contribution in [2.45, 2.75) is 31.7 Å². The Morgan fingerprint density at radius 3 is 2.31 bits per heavy atom. The third-order valence-corrected chi connectivity index (χ3v) is 3.54. The normalized spacial score (nSPS) is 41.1. The molecule has 0 radical (unpaired) electrons. The van der Waals surface area contributed by atoms with Gasteiger partial charge in [0.05, 0.1) is 0 Å². The molecule has 1 amide bonds. The Kier molecular flexibility index (Phi) is 1.52. The summed E-state index contributed by atoms with van der Waals surface area (Å²) in [7, 11) is 0. The molecule has 70 valence electrons. The zero-order valence-electron chi connectivity index (χ0n) is 7.70. The van der Waals surface area contributed by atoms with Gasteiger partial charge in [-0.15, -0.1) is 0 Å². The van der Waals surface area contributed by atoms with Gasteiger partial charge in [0.1, 0.15) is 0 Å². The molecule has 0 aliphatic heterocycles. The van der Waals surface area contributed by atoms with Crippen LogP contribution in [0.1, 0.15) is 25.7 Å². The maximum Gasteiger partial charge on any atom is 0.223 e. The van der Waals surface area contributed by atoms with E-state index in [1.807, 2.05) is 0 Å². The molecule has 0 spiro atoms. The smallest absolute Gasteiger partial charge is 0.223 e. The minimum Gasteiger partial charge on any atom is -0.353 e. The first-order chi connectivity index (χ1) is 6.36. The fraction of sp³-hybridized carbons (Fsp3) is 0.727. The van der Waals surface area contributed by atoms with Crippen molar-refractivity contribution in [1.29, 1.82) is 0 Å². The van der Waals surface area contributed by atoms with Gasteiger partial charge in [-0.3, -0.25) is 4.79 Å². The van der Waals surface area contributed by atoms with Crippen molar-refractivity contribution >= 4 is 5.91 Å². The number of hydrogen-bond acceptors (Lipinski definition) is 1. The van der Waals surface area contributed by atoms with Crippen LogP contribution in [-0.4, -0.2) is 11.9 Å². The van der Waals surface area contributed by atoms with Crippen molar-refractivity contribution < 1.29 is 4.79 Å². The van der Waals surface area contributed by atoms with E-state index in [-0.39, 0.29) is 0 Å². The Bertz CT molecular complexity index is 253. The molecule has 2 unspecified atom stereocenters. The fourth-order valence-electron chi connectivity index (χ4n) is 2.51. The van der Waals surface area contributed by atoms with E-state index in [2.05, 4.69) is 17.5 Å². The van der Waals surface area contributed by atoms with Crippen molar-refractivity contribution in [3.63, 3.8) is 0 Å². The molecule has 0 bridgehead atoms. The Labute approximate surface area is 78.4 Å². The molecule has 2 atom stereocenters. The summed E-state index contributed by atoms with van der Waals surface area (Å²) in [5.74, 6) is 2.06. The first-order valence-electron chi connectivity index (χ1n) is 5.31. The number of carbonyl (C=O) groups excluding carboxylic acids is 1. The lowest BCUT2D eigenvalue weighted by atomic mass is 10.1. The minimum atomic E-state index is 0.334. The molecule has 3 rings (SSSR count). The molecule has 3 aliphatic rings. The van der Waals surface area contributed by atoms with Crippen LogP contribution in [0.5, 0.6) is 0 Å². The number of carbonyl (C=O) groups is 1. The topological polar surface area (TPSA) is 29.1 Å². The molecule has 2 saturated carbocycles. The second-order valence-electron chi connectivity index (χ2n) is 4.58.